The van der Waals surface area contributed by atoms with E-state index in [9.17, 15) is 14.4 Å². The second-order valence-corrected chi connectivity index (χ2v) is 22.7. The molecule has 0 bridgehead atoms. The summed E-state index contributed by atoms with van der Waals surface area (Å²) in [6.45, 7) is 6.50. The summed E-state index contributed by atoms with van der Waals surface area (Å²) >= 11 is 0. The Kier molecular flexibility index (Phi) is 63.7. The maximum absolute atomic E-state index is 12.9. The number of esters is 3. The normalized spacial score (nSPS) is 12.5. The fourth-order valence-electron chi connectivity index (χ4n) is 9.90. The van der Waals surface area contributed by atoms with Gasteiger partial charge in [-0.1, -0.05) is 325 Å². The highest BCUT2D eigenvalue weighted by molar-refractivity contribution is 5.71. The second-order valence-electron chi connectivity index (χ2n) is 22.7. The van der Waals surface area contributed by atoms with Gasteiger partial charge in [0.1, 0.15) is 13.2 Å². The summed E-state index contributed by atoms with van der Waals surface area (Å²) in [5.41, 5.74) is 0. The number of hydrogen-bond donors (Lipinski definition) is 0. The molecule has 0 amide bonds. The van der Waals surface area contributed by atoms with Gasteiger partial charge >= 0.3 is 17.9 Å². The second kappa shape index (κ2) is 66.4. The summed E-state index contributed by atoms with van der Waals surface area (Å²) in [6.07, 6.45) is 86.6. The van der Waals surface area contributed by atoms with Gasteiger partial charge in [0, 0.05) is 19.3 Å². The lowest BCUT2D eigenvalue weighted by atomic mass is 10.0. The van der Waals surface area contributed by atoms with Crippen LogP contribution < -0.4 is 0 Å². The third kappa shape index (κ3) is 63.7. The summed E-state index contributed by atoms with van der Waals surface area (Å²) in [7, 11) is 0. The minimum atomic E-state index is -0.803. The molecule has 0 radical (unpaired) electrons. The zero-order chi connectivity index (χ0) is 56.4. The van der Waals surface area contributed by atoms with E-state index in [4.69, 9.17) is 14.2 Å². The van der Waals surface area contributed by atoms with Crippen molar-refractivity contribution in [2.45, 2.75) is 354 Å². The molecular weight excluding hydrogens is 961 g/mol. The Bertz CT molecular complexity index is 1440. The molecule has 452 valence electrons. The van der Waals surface area contributed by atoms with E-state index in [1.165, 1.54) is 231 Å². The third-order valence-electron chi connectivity index (χ3n) is 15.0. The Labute approximate surface area is 484 Å². The highest BCUT2D eigenvalue weighted by Gasteiger charge is 2.19. The van der Waals surface area contributed by atoms with Crippen LogP contribution in [0.15, 0.2) is 72.9 Å². The standard InChI is InChI=1S/C72H128O6/c1-4-7-10-13-16-19-22-25-27-29-31-33-34-35-36-37-38-39-41-42-44-47-50-53-56-59-62-65-71(74)77-68-69(67-76-70(73)64-61-58-55-52-49-46-24-21-18-15-12-9-6-3)78-72(75)66-63-60-57-54-51-48-45-43-40-32-30-28-26-23-20-17-14-11-8-5-2/h9,12,18,21-22,25,29,31,46,49,55,58,69H,4-8,10-11,13-17,19-20,23-24,26-28,30,32-45,47-48,50-54,56-57,59-68H2,1-3H3/b12-9-,21-18-,25-22-,31-29-,49-46-,58-55-. The molecule has 0 N–H and O–H groups in total. The Morgan fingerprint density at radius 3 is 0.859 bits per heavy atom. The molecule has 0 aromatic heterocycles. The maximum Gasteiger partial charge on any atom is 0.306 e. The highest BCUT2D eigenvalue weighted by Crippen LogP contribution is 2.18. The van der Waals surface area contributed by atoms with Crippen molar-refractivity contribution in [3.63, 3.8) is 0 Å². The average Bonchev–Trinajstić information content (AvgIpc) is 3.44. The summed E-state index contributed by atoms with van der Waals surface area (Å²) < 4.78 is 16.9. The van der Waals surface area contributed by atoms with Crippen molar-refractivity contribution in [2.24, 2.45) is 0 Å². The first-order valence-electron chi connectivity index (χ1n) is 33.9. The first kappa shape index (κ1) is 74.8. The number of hydrogen-bond acceptors (Lipinski definition) is 6. The molecule has 0 aliphatic carbocycles. The lowest BCUT2D eigenvalue weighted by Gasteiger charge is -2.18. The molecule has 1 unspecified atom stereocenters. The average molecular weight is 1090 g/mol. The zero-order valence-electron chi connectivity index (χ0n) is 51.9. The van der Waals surface area contributed by atoms with Gasteiger partial charge in [0.2, 0.25) is 0 Å². The van der Waals surface area contributed by atoms with Crippen molar-refractivity contribution in [3.8, 4) is 0 Å². The SMILES string of the molecule is CC/C=C\C/C=C\C/C=C\C/C=C\CCC(=O)OCC(COC(=O)CCCCCCCCCCCCCCCCC/C=C\C/C=C\CCCCCCC)OC(=O)CCCCCCCCCCCCCCCCCCCCCC. The van der Waals surface area contributed by atoms with Crippen LogP contribution in [0.5, 0.6) is 0 Å². The Hall–Kier alpha value is -3.15. The summed E-state index contributed by atoms with van der Waals surface area (Å²) in [4.78, 5) is 38.3. The first-order valence-corrected chi connectivity index (χ1v) is 33.9. The Morgan fingerprint density at radius 1 is 0.269 bits per heavy atom. The molecule has 0 saturated carbocycles. The quantitative estimate of drug-likeness (QED) is 0.0261. The first-order chi connectivity index (χ1) is 38.5. The molecule has 0 aromatic carbocycles. The van der Waals surface area contributed by atoms with Gasteiger partial charge in [0.15, 0.2) is 6.10 Å². The summed E-state index contributed by atoms with van der Waals surface area (Å²) in [5.74, 6) is -0.960. The lowest BCUT2D eigenvalue weighted by molar-refractivity contribution is -0.166. The van der Waals surface area contributed by atoms with Crippen molar-refractivity contribution < 1.29 is 28.6 Å². The maximum atomic E-state index is 12.9. The molecule has 0 spiro atoms. The third-order valence-corrected chi connectivity index (χ3v) is 15.0. The molecule has 0 aliphatic rings. The number of allylic oxidation sites excluding steroid dienone is 12. The molecule has 0 heterocycles. The number of rotatable bonds is 62. The van der Waals surface area contributed by atoms with Gasteiger partial charge < -0.3 is 14.2 Å². The minimum absolute atomic E-state index is 0.0936. The molecule has 6 heteroatoms. The predicted molar refractivity (Wildman–Crippen MR) is 339 cm³/mol. The van der Waals surface area contributed by atoms with E-state index < -0.39 is 6.10 Å². The van der Waals surface area contributed by atoms with E-state index in [2.05, 4.69) is 87.6 Å². The molecular formula is C72H128O6. The van der Waals surface area contributed by atoms with Crippen molar-refractivity contribution in [1.82, 2.24) is 0 Å². The highest BCUT2D eigenvalue weighted by atomic mass is 16.6. The van der Waals surface area contributed by atoms with Gasteiger partial charge in [-0.25, -0.2) is 0 Å². The topological polar surface area (TPSA) is 78.9 Å². The molecule has 0 aliphatic heterocycles. The largest absolute Gasteiger partial charge is 0.462 e. The van der Waals surface area contributed by atoms with Gasteiger partial charge in [-0.3, -0.25) is 14.4 Å². The van der Waals surface area contributed by atoms with Gasteiger partial charge in [0.05, 0.1) is 0 Å². The van der Waals surface area contributed by atoms with E-state index in [0.29, 0.717) is 19.3 Å². The van der Waals surface area contributed by atoms with Crippen molar-refractivity contribution >= 4 is 17.9 Å². The van der Waals surface area contributed by atoms with E-state index >= 15 is 0 Å². The monoisotopic (exact) mass is 1090 g/mol. The fourth-order valence-corrected chi connectivity index (χ4v) is 9.90. The van der Waals surface area contributed by atoms with Crippen molar-refractivity contribution in [1.29, 1.82) is 0 Å². The van der Waals surface area contributed by atoms with Crippen LogP contribution in [0.1, 0.15) is 348 Å². The van der Waals surface area contributed by atoms with E-state index in [0.717, 1.165) is 70.6 Å². The van der Waals surface area contributed by atoms with Crippen LogP contribution in [0, 0.1) is 0 Å². The molecule has 0 fully saturated rings. The molecule has 78 heavy (non-hydrogen) atoms. The molecule has 1 atom stereocenters. The molecule has 6 nitrogen and oxygen atoms in total. The van der Waals surface area contributed by atoms with Crippen LogP contribution in [-0.2, 0) is 28.6 Å². The van der Waals surface area contributed by atoms with Crippen molar-refractivity contribution in [3.05, 3.63) is 72.9 Å². The van der Waals surface area contributed by atoms with Crippen LogP contribution >= 0.6 is 0 Å². The summed E-state index contributed by atoms with van der Waals surface area (Å²) in [5, 5.41) is 0. The van der Waals surface area contributed by atoms with E-state index in [1.54, 1.807) is 0 Å². The predicted octanol–water partition coefficient (Wildman–Crippen LogP) is 23.3. The van der Waals surface area contributed by atoms with Gasteiger partial charge in [-0.2, -0.15) is 0 Å². The number of carbonyl (C=O) groups is 3. The van der Waals surface area contributed by atoms with Crippen molar-refractivity contribution in [2.75, 3.05) is 13.2 Å². The minimum Gasteiger partial charge on any atom is -0.462 e. The van der Waals surface area contributed by atoms with Crippen LogP contribution in [0.3, 0.4) is 0 Å². The lowest BCUT2D eigenvalue weighted by Crippen LogP contribution is -2.30. The molecule has 0 aromatic rings. The fraction of sp³-hybridized carbons (Fsp3) is 0.792. The number of ether oxygens (including phenoxy) is 3. The van der Waals surface area contributed by atoms with Crippen LogP contribution in [-0.4, -0.2) is 37.2 Å². The van der Waals surface area contributed by atoms with Gasteiger partial charge in [-0.05, 0) is 77.0 Å². The van der Waals surface area contributed by atoms with Gasteiger partial charge in [0.25, 0.3) is 0 Å². The van der Waals surface area contributed by atoms with Gasteiger partial charge in [-0.15, -0.1) is 0 Å². The Morgan fingerprint density at radius 2 is 0.526 bits per heavy atom. The smallest absolute Gasteiger partial charge is 0.306 e. The zero-order valence-corrected chi connectivity index (χ0v) is 51.9. The van der Waals surface area contributed by atoms with E-state index in [1.807, 2.05) is 6.08 Å². The summed E-state index contributed by atoms with van der Waals surface area (Å²) in [6, 6.07) is 0. The number of unbranched alkanes of at least 4 members (excludes halogenated alkanes) is 39. The van der Waals surface area contributed by atoms with Crippen LogP contribution in [0.25, 0.3) is 0 Å². The molecule has 0 rings (SSSR count). The van der Waals surface area contributed by atoms with Crippen LogP contribution in [0.2, 0.25) is 0 Å². The number of carbonyl (C=O) groups excluding carboxylic acids is 3. The van der Waals surface area contributed by atoms with Crippen LogP contribution in [0.4, 0.5) is 0 Å². The Balaban J connectivity index is 4.27. The van der Waals surface area contributed by atoms with E-state index in [-0.39, 0.29) is 37.5 Å². The molecule has 0 saturated heterocycles.